The minimum atomic E-state index is -1.31. The van der Waals surface area contributed by atoms with Gasteiger partial charge < -0.3 is 13.7 Å². The first-order valence-corrected chi connectivity index (χ1v) is 32.0. The first-order chi connectivity index (χ1) is 47.3. The molecule has 18 aromatic rings. The SMILES string of the molecule is Fc1cc(-c2cc(-c3cc(-c4ccccc4)nc(-c4ccccc4)c3)nc(-c3cc(-c4ccccc4)nc(-c4ccccc4)c3)c2)c(F)c(F)c1-c1ccc(-n2c3ccc(-n4c5ccccc5c5ccccc54)cc3c3cc(-n4c5ccccc5c5ccccc54)ccc32)cc1. The van der Waals surface area contributed by atoms with E-state index < -0.39 is 23.0 Å². The minimum absolute atomic E-state index is 0.177. The molecule has 0 atom stereocenters. The third kappa shape index (κ3) is 9.46. The van der Waals surface area contributed by atoms with Gasteiger partial charge in [-0.3, -0.25) is 0 Å². The maximum Gasteiger partial charge on any atom is 0.170 e. The summed E-state index contributed by atoms with van der Waals surface area (Å²) < 4.78 is 59.6. The molecule has 0 spiro atoms. The molecule has 96 heavy (non-hydrogen) atoms. The predicted molar refractivity (Wildman–Crippen MR) is 386 cm³/mol. The van der Waals surface area contributed by atoms with Crippen LogP contribution < -0.4 is 0 Å². The number of para-hydroxylation sites is 4. The highest BCUT2D eigenvalue weighted by Crippen LogP contribution is 2.43. The molecule has 0 N–H and O–H groups in total. The smallest absolute Gasteiger partial charge is 0.170 e. The van der Waals surface area contributed by atoms with Gasteiger partial charge in [0, 0.05) is 88.3 Å². The largest absolute Gasteiger partial charge is 0.309 e. The van der Waals surface area contributed by atoms with E-state index in [1.54, 1.807) is 24.3 Å². The van der Waals surface area contributed by atoms with Gasteiger partial charge in [0.1, 0.15) is 5.82 Å². The van der Waals surface area contributed by atoms with Gasteiger partial charge in [0.25, 0.3) is 0 Å². The van der Waals surface area contributed by atoms with Crippen molar-refractivity contribution in [2.75, 3.05) is 0 Å². The van der Waals surface area contributed by atoms with Crippen LogP contribution in [0.25, 0.3) is 172 Å². The molecule has 18 rings (SSSR count). The highest BCUT2D eigenvalue weighted by atomic mass is 19.2. The lowest BCUT2D eigenvalue weighted by Gasteiger charge is -2.16. The fraction of sp³-hybridized carbons (Fsp3) is 0. The summed E-state index contributed by atoms with van der Waals surface area (Å²) >= 11 is 0. The number of aromatic nitrogens is 6. The lowest BCUT2D eigenvalue weighted by Crippen LogP contribution is -2.01. The van der Waals surface area contributed by atoms with Crippen LogP contribution in [0, 0.1) is 17.5 Å². The Balaban J connectivity index is 0.785. The summed E-state index contributed by atoms with van der Waals surface area (Å²) in [6.07, 6.45) is 0. The molecule has 0 saturated heterocycles. The van der Waals surface area contributed by atoms with Crippen molar-refractivity contribution in [1.29, 1.82) is 0 Å². The molecule has 0 saturated carbocycles. The molecule has 0 amide bonds. The van der Waals surface area contributed by atoms with Gasteiger partial charge in [0.15, 0.2) is 11.6 Å². The van der Waals surface area contributed by atoms with Crippen LogP contribution in [0.4, 0.5) is 13.2 Å². The van der Waals surface area contributed by atoms with Crippen molar-refractivity contribution in [3.8, 4) is 107 Å². The normalized spacial score (nSPS) is 11.7. The molecule has 0 aliphatic rings. The lowest BCUT2D eigenvalue weighted by molar-refractivity contribution is 0.501. The molecule has 0 aliphatic heterocycles. The van der Waals surface area contributed by atoms with Crippen molar-refractivity contribution in [2.45, 2.75) is 0 Å². The van der Waals surface area contributed by atoms with E-state index in [9.17, 15) is 0 Å². The van der Waals surface area contributed by atoms with Crippen LogP contribution in [-0.2, 0) is 0 Å². The van der Waals surface area contributed by atoms with E-state index in [1.165, 1.54) is 21.5 Å². The third-order valence-corrected chi connectivity index (χ3v) is 18.6. The number of halogens is 3. The zero-order valence-corrected chi connectivity index (χ0v) is 51.4. The van der Waals surface area contributed by atoms with Gasteiger partial charge in [-0.15, -0.1) is 0 Å². The van der Waals surface area contributed by atoms with Crippen LogP contribution in [0.2, 0.25) is 0 Å². The van der Waals surface area contributed by atoms with Gasteiger partial charge in [-0.2, -0.15) is 0 Å². The first kappa shape index (κ1) is 56.1. The van der Waals surface area contributed by atoms with Crippen LogP contribution in [-0.4, -0.2) is 28.7 Å². The molecule has 0 aliphatic carbocycles. The Labute approximate surface area is 550 Å². The number of fused-ring (bicyclic) bond motifs is 9. The van der Waals surface area contributed by atoms with Gasteiger partial charge in [-0.05, 0) is 126 Å². The second kappa shape index (κ2) is 22.8. The highest BCUT2D eigenvalue weighted by Gasteiger charge is 2.25. The van der Waals surface area contributed by atoms with Crippen LogP contribution in [0.15, 0.2) is 322 Å². The van der Waals surface area contributed by atoms with Crippen molar-refractivity contribution in [1.82, 2.24) is 28.7 Å². The summed E-state index contributed by atoms with van der Waals surface area (Å²) in [5.41, 5.74) is 17.2. The van der Waals surface area contributed by atoms with Crippen molar-refractivity contribution >= 4 is 65.4 Å². The molecule has 0 bridgehead atoms. The molecule has 9 heteroatoms. The Morgan fingerprint density at radius 2 is 0.500 bits per heavy atom. The average Bonchev–Trinajstić information content (AvgIpc) is 1.54. The van der Waals surface area contributed by atoms with E-state index >= 15 is 13.2 Å². The van der Waals surface area contributed by atoms with E-state index in [4.69, 9.17) is 15.0 Å². The second-order valence-corrected chi connectivity index (χ2v) is 24.3. The fourth-order valence-electron chi connectivity index (χ4n) is 14.2. The minimum Gasteiger partial charge on any atom is -0.309 e. The molecule has 6 aromatic heterocycles. The number of rotatable bonds is 11. The van der Waals surface area contributed by atoms with Crippen LogP contribution in [0.1, 0.15) is 0 Å². The molecular formula is C87H53F3N6. The number of hydrogen-bond donors (Lipinski definition) is 0. The summed E-state index contributed by atoms with van der Waals surface area (Å²) in [5.74, 6) is -3.44. The summed E-state index contributed by atoms with van der Waals surface area (Å²) in [6, 6.07) is 106. The summed E-state index contributed by atoms with van der Waals surface area (Å²) in [6.45, 7) is 0. The van der Waals surface area contributed by atoms with Crippen LogP contribution >= 0.6 is 0 Å². The van der Waals surface area contributed by atoms with Gasteiger partial charge in [-0.25, -0.2) is 28.1 Å². The fourth-order valence-corrected chi connectivity index (χ4v) is 14.2. The van der Waals surface area contributed by atoms with Crippen molar-refractivity contribution in [2.24, 2.45) is 0 Å². The van der Waals surface area contributed by atoms with Crippen molar-refractivity contribution < 1.29 is 13.2 Å². The van der Waals surface area contributed by atoms with Crippen LogP contribution in [0.3, 0.4) is 0 Å². The summed E-state index contributed by atoms with van der Waals surface area (Å²) in [4.78, 5) is 15.6. The zero-order valence-electron chi connectivity index (χ0n) is 51.4. The average molecular weight is 1240 g/mol. The Morgan fingerprint density at radius 3 is 0.865 bits per heavy atom. The molecule has 452 valence electrons. The van der Waals surface area contributed by atoms with Gasteiger partial charge >= 0.3 is 0 Å². The van der Waals surface area contributed by atoms with Gasteiger partial charge in [-0.1, -0.05) is 206 Å². The maximum absolute atomic E-state index is 17.7. The zero-order chi connectivity index (χ0) is 64.0. The monoisotopic (exact) mass is 1240 g/mol. The van der Waals surface area contributed by atoms with Crippen LogP contribution in [0.5, 0.6) is 0 Å². The van der Waals surface area contributed by atoms with Gasteiger partial charge in [0.2, 0.25) is 0 Å². The Kier molecular flexibility index (Phi) is 13.3. The quantitative estimate of drug-likeness (QED) is 0.121. The van der Waals surface area contributed by atoms with E-state index in [-0.39, 0.29) is 16.7 Å². The maximum atomic E-state index is 17.7. The molecule has 6 nitrogen and oxygen atoms in total. The van der Waals surface area contributed by atoms with Crippen molar-refractivity contribution in [3.05, 3.63) is 339 Å². The molecular weight excluding hydrogens is 1190 g/mol. The third-order valence-electron chi connectivity index (χ3n) is 18.6. The number of pyridine rings is 3. The lowest BCUT2D eigenvalue weighted by atomic mass is 9.95. The van der Waals surface area contributed by atoms with Gasteiger partial charge in [0.05, 0.1) is 72.8 Å². The van der Waals surface area contributed by atoms with E-state index in [0.717, 1.165) is 89.3 Å². The number of hydrogen-bond acceptors (Lipinski definition) is 3. The Morgan fingerprint density at radius 1 is 0.208 bits per heavy atom. The summed E-state index contributed by atoms with van der Waals surface area (Å²) in [5, 5.41) is 6.70. The Hall–Kier alpha value is -12.7. The highest BCUT2D eigenvalue weighted by molar-refractivity contribution is 6.14. The standard InChI is InChI=1S/C87H53F3N6/c88-72-53-69(59-45-77(60-47-73(54-21-5-1-6-22-54)91-74(48-60)55-23-7-2-8-24-55)93-78(46-59)61-49-75(56-25-9-3-10-26-56)92-76(50-61)57-27-11-4-12-28-57)86(89)87(90)85(72)58-37-39-62(40-38-58)94-83-43-41-63(95-79-33-17-13-29-65(79)66-30-14-18-34-80(66)95)51-70(83)71-52-64(42-44-84(71)94)96-81-35-19-15-31-67(81)68-32-16-20-36-82(68)96/h1-53H. The van der Waals surface area contributed by atoms with Crippen molar-refractivity contribution in [3.63, 3.8) is 0 Å². The predicted octanol–water partition coefficient (Wildman–Crippen LogP) is 22.9. The Bertz CT molecular complexity index is 5560. The first-order valence-electron chi connectivity index (χ1n) is 32.0. The van der Waals surface area contributed by atoms with E-state index in [0.29, 0.717) is 45.3 Å². The molecule has 0 unspecified atom stereocenters. The molecule has 0 fully saturated rings. The topological polar surface area (TPSA) is 53.5 Å². The molecule has 6 heterocycles. The molecule has 12 aromatic carbocycles. The summed E-state index contributed by atoms with van der Waals surface area (Å²) in [7, 11) is 0. The van der Waals surface area contributed by atoms with E-state index in [1.807, 2.05) is 158 Å². The second-order valence-electron chi connectivity index (χ2n) is 24.3. The molecule has 0 radical (unpaired) electrons. The number of benzene rings is 12. The van der Waals surface area contributed by atoms with E-state index in [2.05, 4.69) is 147 Å². The number of nitrogens with zero attached hydrogens (tertiary/aromatic N) is 6.